The standard InChI is InChI=1S/C12H14F3NO2.ClH/c1-17-11-6-9(18-12(13,14)15)2-3-10(11)8-4-5-16-7-8;/h2-3,6,8,16H,4-5,7H2,1H3;1H. The van der Waals surface area contributed by atoms with Crippen molar-refractivity contribution in [3.8, 4) is 11.5 Å². The Balaban J connectivity index is 0.00000180. The highest BCUT2D eigenvalue weighted by Gasteiger charge is 2.31. The number of halogens is 4. The van der Waals surface area contributed by atoms with Crippen molar-refractivity contribution in [1.29, 1.82) is 0 Å². The molecule has 0 saturated carbocycles. The van der Waals surface area contributed by atoms with Crippen molar-refractivity contribution in [2.45, 2.75) is 18.7 Å². The van der Waals surface area contributed by atoms with Crippen molar-refractivity contribution in [2.24, 2.45) is 0 Å². The molecule has 1 N–H and O–H groups in total. The Hall–Kier alpha value is -1.14. The zero-order valence-corrected chi connectivity index (χ0v) is 11.1. The van der Waals surface area contributed by atoms with Gasteiger partial charge in [0.15, 0.2) is 0 Å². The van der Waals surface area contributed by atoms with Gasteiger partial charge in [-0.1, -0.05) is 6.07 Å². The fourth-order valence-corrected chi connectivity index (χ4v) is 2.15. The second-order valence-corrected chi connectivity index (χ2v) is 4.14. The molecule has 1 unspecified atom stereocenters. The molecule has 0 aliphatic carbocycles. The number of hydrogen-bond donors (Lipinski definition) is 1. The third-order valence-corrected chi connectivity index (χ3v) is 2.94. The summed E-state index contributed by atoms with van der Waals surface area (Å²) in [6.07, 6.45) is -3.72. The SMILES string of the molecule is COc1cc(OC(F)(F)F)ccc1C1CCNC1.Cl. The Morgan fingerprint density at radius 1 is 1.32 bits per heavy atom. The minimum atomic E-state index is -4.68. The number of benzene rings is 1. The van der Waals surface area contributed by atoms with Crippen molar-refractivity contribution in [3.63, 3.8) is 0 Å². The summed E-state index contributed by atoms with van der Waals surface area (Å²) >= 11 is 0. The molecule has 0 bridgehead atoms. The Bertz CT molecular complexity index is 420. The molecule has 3 nitrogen and oxygen atoms in total. The summed E-state index contributed by atoms with van der Waals surface area (Å²) in [5.41, 5.74) is 0.914. The van der Waals surface area contributed by atoms with E-state index in [0.29, 0.717) is 5.75 Å². The lowest BCUT2D eigenvalue weighted by molar-refractivity contribution is -0.274. The van der Waals surface area contributed by atoms with Crippen molar-refractivity contribution in [1.82, 2.24) is 5.32 Å². The first-order chi connectivity index (χ1) is 8.49. The van der Waals surface area contributed by atoms with Gasteiger partial charge < -0.3 is 14.8 Å². The number of hydrogen-bond acceptors (Lipinski definition) is 3. The van der Waals surface area contributed by atoms with Crippen molar-refractivity contribution in [2.75, 3.05) is 20.2 Å². The molecule has 0 radical (unpaired) electrons. The van der Waals surface area contributed by atoms with Crippen molar-refractivity contribution >= 4 is 12.4 Å². The number of rotatable bonds is 3. The number of methoxy groups -OCH3 is 1. The highest BCUT2D eigenvalue weighted by atomic mass is 35.5. The zero-order valence-electron chi connectivity index (χ0n) is 10.3. The zero-order chi connectivity index (χ0) is 13.2. The normalized spacial score (nSPS) is 18.8. The van der Waals surface area contributed by atoms with Crippen LogP contribution in [-0.2, 0) is 0 Å². The molecule has 1 aliphatic heterocycles. The maximum absolute atomic E-state index is 12.1. The van der Waals surface area contributed by atoms with Crippen LogP contribution in [0.25, 0.3) is 0 Å². The molecular weight excluding hydrogens is 283 g/mol. The summed E-state index contributed by atoms with van der Waals surface area (Å²) in [6, 6.07) is 4.24. The van der Waals surface area contributed by atoms with Crippen LogP contribution in [0.1, 0.15) is 17.9 Å². The van der Waals surface area contributed by atoms with Crippen molar-refractivity contribution < 1.29 is 22.6 Å². The minimum absolute atomic E-state index is 0. The van der Waals surface area contributed by atoms with Gasteiger partial charge in [-0.25, -0.2) is 0 Å². The molecule has 1 atom stereocenters. The molecule has 0 aromatic heterocycles. The van der Waals surface area contributed by atoms with E-state index in [0.717, 1.165) is 25.1 Å². The van der Waals surface area contributed by atoms with Crippen LogP contribution in [0.2, 0.25) is 0 Å². The molecule has 108 valence electrons. The summed E-state index contributed by atoms with van der Waals surface area (Å²) in [6.45, 7) is 1.73. The van der Waals surface area contributed by atoms with Gasteiger partial charge in [0.2, 0.25) is 0 Å². The largest absolute Gasteiger partial charge is 0.573 e. The average molecular weight is 298 g/mol. The van der Waals surface area contributed by atoms with Gasteiger partial charge in [-0.05, 0) is 24.6 Å². The molecule has 7 heteroatoms. The van der Waals surface area contributed by atoms with E-state index in [-0.39, 0.29) is 24.1 Å². The fourth-order valence-electron chi connectivity index (χ4n) is 2.15. The topological polar surface area (TPSA) is 30.5 Å². The molecule has 1 heterocycles. The van der Waals surface area contributed by atoms with Crippen LogP contribution in [-0.4, -0.2) is 26.6 Å². The van der Waals surface area contributed by atoms with Crippen LogP contribution in [0.5, 0.6) is 11.5 Å². The monoisotopic (exact) mass is 297 g/mol. The average Bonchev–Trinajstić information content (AvgIpc) is 2.80. The van der Waals surface area contributed by atoms with Crippen LogP contribution in [0.3, 0.4) is 0 Å². The first-order valence-corrected chi connectivity index (χ1v) is 5.64. The van der Waals surface area contributed by atoms with E-state index in [1.54, 1.807) is 6.07 Å². The maximum Gasteiger partial charge on any atom is 0.573 e. The van der Waals surface area contributed by atoms with Crippen LogP contribution in [0.4, 0.5) is 13.2 Å². The van der Waals surface area contributed by atoms with E-state index in [1.165, 1.54) is 19.2 Å². The molecule has 1 aromatic rings. The van der Waals surface area contributed by atoms with Gasteiger partial charge in [-0.2, -0.15) is 0 Å². The quantitative estimate of drug-likeness (QED) is 0.930. The predicted octanol–water partition coefficient (Wildman–Crippen LogP) is 3.09. The summed E-state index contributed by atoms with van der Waals surface area (Å²) in [5.74, 6) is 0.458. The second-order valence-electron chi connectivity index (χ2n) is 4.14. The van der Waals surface area contributed by atoms with E-state index in [9.17, 15) is 13.2 Å². The molecule has 0 amide bonds. The smallest absolute Gasteiger partial charge is 0.496 e. The molecule has 1 aromatic carbocycles. The molecule has 1 fully saturated rings. The van der Waals surface area contributed by atoms with E-state index < -0.39 is 6.36 Å². The van der Waals surface area contributed by atoms with Crippen LogP contribution in [0.15, 0.2) is 18.2 Å². The van der Waals surface area contributed by atoms with Crippen molar-refractivity contribution in [3.05, 3.63) is 23.8 Å². The summed E-state index contributed by atoms with van der Waals surface area (Å²) in [5, 5.41) is 3.21. The molecule has 2 rings (SSSR count). The lowest BCUT2D eigenvalue weighted by Gasteiger charge is -2.16. The van der Waals surface area contributed by atoms with Gasteiger partial charge in [0, 0.05) is 18.5 Å². The predicted molar refractivity (Wildman–Crippen MR) is 67.2 cm³/mol. The van der Waals surface area contributed by atoms with E-state index in [4.69, 9.17) is 4.74 Å². The molecular formula is C12H15ClF3NO2. The molecule has 0 spiro atoms. The summed E-state index contributed by atoms with van der Waals surface area (Å²) in [4.78, 5) is 0. The van der Waals surface area contributed by atoms with Crippen LogP contribution < -0.4 is 14.8 Å². The van der Waals surface area contributed by atoms with E-state index in [2.05, 4.69) is 10.1 Å². The molecule has 1 saturated heterocycles. The first kappa shape index (κ1) is 15.9. The van der Waals surface area contributed by atoms with Gasteiger partial charge in [0.25, 0.3) is 0 Å². The number of nitrogens with one attached hydrogen (secondary N) is 1. The van der Waals surface area contributed by atoms with E-state index >= 15 is 0 Å². The third-order valence-electron chi connectivity index (χ3n) is 2.94. The Kier molecular flexibility index (Phi) is 5.31. The lowest BCUT2D eigenvalue weighted by Crippen LogP contribution is -2.17. The first-order valence-electron chi connectivity index (χ1n) is 5.64. The van der Waals surface area contributed by atoms with Gasteiger partial charge >= 0.3 is 6.36 Å². The van der Waals surface area contributed by atoms with Gasteiger partial charge in [-0.3, -0.25) is 0 Å². The summed E-state index contributed by atoms with van der Waals surface area (Å²) < 4.78 is 45.3. The Morgan fingerprint density at radius 2 is 2.05 bits per heavy atom. The number of alkyl halides is 3. The van der Waals surface area contributed by atoms with Crippen LogP contribution >= 0.6 is 12.4 Å². The number of ether oxygens (including phenoxy) is 2. The van der Waals surface area contributed by atoms with Gasteiger partial charge in [0.1, 0.15) is 11.5 Å². The second kappa shape index (κ2) is 6.34. The van der Waals surface area contributed by atoms with Gasteiger partial charge in [0.05, 0.1) is 7.11 Å². The lowest BCUT2D eigenvalue weighted by atomic mass is 9.97. The van der Waals surface area contributed by atoms with E-state index in [1.807, 2.05) is 0 Å². The molecule has 1 aliphatic rings. The Morgan fingerprint density at radius 3 is 2.58 bits per heavy atom. The van der Waals surface area contributed by atoms with Gasteiger partial charge in [-0.15, -0.1) is 25.6 Å². The third kappa shape index (κ3) is 4.18. The molecule has 19 heavy (non-hydrogen) atoms. The fraction of sp³-hybridized carbons (Fsp3) is 0.500. The highest BCUT2D eigenvalue weighted by Crippen LogP contribution is 2.35. The summed E-state index contributed by atoms with van der Waals surface area (Å²) in [7, 11) is 1.44. The highest BCUT2D eigenvalue weighted by molar-refractivity contribution is 5.85. The Labute approximate surface area is 115 Å². The minimum Gasteiger partial charge on any atom is -0.496 e. The van der Waals surface area contributed by atoms with Crippen LogP contribution in [0, 0.1) is 0 Å². The maximum atomic E-state index is 12.1.